The molecule has 0 saturated heterocycles. The van der Waals surface area contributed by atoms with E-state index in [1.54, 1.807) is 30.5 Å². The predicted molar refractivity (Wildman–Crippen MR) is 138 cm³/mol. The Morgan fingerprint density at radius 3 is 1.85 bits per heavy atom. The first kappa shape index (κ1) is 31.2. The van der Waals surface area contributed by atoms with Crippen molar-refractivity contribution in [2.24, 2.45) is 17.2 Å². The van der Waals surface area contributed by atoms with Crippen LogP contribution in [0.4, 0.5) is 0 Å². The standard InChI is InChI=1S/C24H31N7O9/c25-13(5-6-20(34)35)21(36)29-15(8-18(26)32)22(37)30-16(9-19(27)33)23(38)31-17(24(39)40)7-11-10-28-14-4-2-1-3-12(11)14/h1-4,10,13,15-17,28H,5-9,25H2,(H2,26,32)(H2,27,33)(H,29,36)(H,30,37)(H,31,38)(H,34,35)(H,39,40). The van der Waals surface area contributed by atoms with Gasteiger partial charge in [-0.05, 0) is 18.1 Å². The molecule has 4 atom stereocenters. The summed E-state index contributed by atoms with van der Waals surface area (Å²) in [4.78, 5) is 87.0. The maximum absolute atomic E-state index is 13.0. The maximum atomic E-state index is 13.0. The van der Waals surface area contributed by atoms with Crippen LogP contribution < -0.4 is 33.2 Å². The number of nitrogens with one attached hydrogen (secondary N) is 4. The first-order valence-electron chi connectivity index (χ1n) is 12.0. The quantitative estimate of drug-likeness (QED) is 0.101. The number of H-pyrrole nitrogens is 1. The molecule has 0 spiro atoms. The number of primary amides is 2. The normalized spacial score (nSPS) is 13.8. The van der Waals surface area contributed by atoms with Crippen LogP contribution in [-0.2, 0) is 40.0 Å². The van der Waals surface area contributed by atoms with Crippen molar-refractivity contribution in [1.29, 1.82) is 0 Å². The smallest absolute Gasteiger partial charge is 0.326 e. The number of hydrogen-bond acceptors (Lipinski definition) is 8. The van der Waals surface area contributed by atoms with Crippen LogP contribution in [0.1, 0.15) is 31.2 Å². The van der Waals surface area contributed by atoms with Crippen LogP contribution in [0.15, 0.2) is 30.5 Å². The number of carboxylic acids is 2. The summed E-state index contributed by atoms with van der Waals surface area (Å²) in [5.74, 6) is -7.79. The number of amides is 5. The number of carbonyl (C=O) groups is 7. The molecule has 0 radical (unpaired) electrons. The van der Waals surface area contributed by atoms with Crippen molar-refractivity contribution in [1.82, 2.24) is 20.9 Å². The maximum Gasteiger partial charge on any atom is 0.326 e. The number of aromatic amines is 1. The topological polar surface area (TPSA) is 290 Å². The van der Waals surface area contributed by atoms with E-state index in [0.29, 0.717) is 5.56 Å². The third-order valence-electron chi connectivity index (χ3n) is 5.80. The van der Waals surface area contributed by atoms with Crippen molar-refractivity contribution in [2.45, 2.75) is 56.3 Å². The number of aliphatic carboxylic acids is 2. The van der Waals surface area contributed by atoms with Gasteiger partial charge in [-0.3, -0.25) is 28.8 Å². The lowest BCUT2D eigenvalue weighted by molar-refractivity contribution is -0.142. The van der Waals surface area contributed by atoms with Gasteiger partial charge in [0.15, 0.2) is 0 Å². The summed E-state index contributed by atoms with van der Waals surface area (Å²) >= 11 is 0. The molecule has 12 N–H and O–H groups in total. The summed E-state index contributed by atoms with van der Waals surface area (Å²) in [6.45, 7) is 0. The number of aromatic nitrogens is 1. The Bertz CT molecular complexity index is 1290. The van der Waals surface area contributed by atoms with Gasteiger partial charge in [0.1, 0.15) is 18.1 Å². The molecular weight excluding hydrogens is 530 g/mol. The molecule has 4 unspecified atom stereocenters. The van der Waals surface area contributed by atoms with E-state index in [2.05, 4.69) is 20.9 Å². The highest BCUT2D eigenvalue weighted by atomic mass is 16.4. The molecule has 16 nitrogen and oxygen atoms in total. The molecule has 0 aliphatic heterocycles. The minimum atomic E-state index is -1.68. The monoisotopic (exact) mass is 561 g/mol. The molecule has 2 rings (SSSR count). The van der Waals surface area contributed by atoms with Crippen molar-refractivity contribution in [3.63, 3.8) is 0 Å². The first-order chi connectivity index (χ1) is 18.8. The lowest BCUT2D eigenvalue weighted by Crippen LogP contribution is -2.58. The number of para-hydroxylation sites is 1. The van der Waals surface area contributed by atoms with Gasteiger partial charge in [-0.1, -0.05) is 18.2 Å². The van der Waals surface area contributed by atoms with Gasteiger partial charge < -0.3 is 48.3 Å². The van der Waals surface area contributed by atoms with Gasteiger partial charge in [0.25, 0.3) is 0 Å². The second-order valence-corrected chi connectivity index (χ2v) is 8.97. The molecule has 0 fully saturated rings. The van der Waals surface area contributed by atoms with E-state index in [1.165, 1.54) is 0 Å². The van der Waals surface area contributed by atoms with Crippen LogP contribution >= 0.6 is 0 Å². The van der Waals surface area contributed by atoms with Gasteiger partial charge in [-0.15, -0.1) is 0 Å². The highest BCUT2D eigenvalue weighted by Gasteiger charge is 2.32. The fourth-order valence-electron chi connectivity index (χ4n) is 3.77. The summed E-state index contributed by atoms with van der Waals surface area (Å²) in [7, 11) is 0. The van der Waals surface area contributed by atoms with E-state index < -0.39 is 84.9 Å². The van der Waals surface area contributed by atoms with E-state index in [0.717, 1.165) is 10.9 Å². The molecule has 1 heterocycles. The van der Waals surface area contributed by atoms with Crippen LogP contribution in [0, 0.1) is 0 Å². The molecule has 0 bridgehead atoms. The molecule has 16 heteroatoms. The number of carboxylic acid groups (broad SMARTS) is 2. The van der Waals surface area contributed by atoms with Gasteiger partial charge in [-0.2, -0.15) is 0 Å². The summed E-state index contributed by atoms with van der Waals surface area (Å²) in [5.41, 5.74) is 17.3. The Hall–Kier alpha value is -4.99. The van der Waals surface area contributed by atoms with Crippen LogP contribution in [0.2, 0.25) is 0 Å². The second-order valence-electron chi connectivity index (χ2n) is 8.97. The molecular formula is C24H31N7O9. The van der Waals surface area contributed by atoms with Crippen molar-refractivity contribution in [2.75, 3.05) is 0 Å². The number of carbonyl (C=O) groups excluding carboxylic acids is 5. The van der Waals surface area contributed by atoms with Crippen molar-refractivity contribution in [3.8, 4) is 0 Å². The molecule has 2 aromatic rings. The molecule has 1 aromatic heterocycles. The van der Waals surface area contributed by atoms with Gasteiger partial charge in [-0.25, -0.2) is 4.79 Å². The highest BCUT2D eigenvalue weighted by Crippen LogP contribution is 2.19. The molecule has 0 saturated carbocycles. The largest absolute Gasteiger partial charge is 0.481 e. The van der Waals surface area contributed by atoms with Gasteiger partial charge in [0, 0.05) is 29.9 Å². The van der Waals surface area contributed by atoms with E-state index in [1.807, 2.05) is 0 Å². The minimum Gasteiger partial charge on any atom is -0.481 e. The Morgan fingerprint density at radius 1 is 0.800 bits per heavy atom. The Labute approximate surface area is 227 Å². The van der Waals surface area contributed by atoms with Crippen molar-refractivity contribution in [3.05, 3.63) is 36.0 Å². The van der Waals surface area contributed by atoms with Gasteiger partial charge >= 0.3 is 11.9 Å². The Morgan fingerprint density at radius 2 is 1.32 bits per heavy atom. The zero-order valence-electron chi connectivity index (χ0n) is 21.2. The third-order valence-corrected chi connectivity index (χ3v) is 5.80. The molecule has 5 amide bonds. The SMILES string of the molecule is NC(=O)CC(NC(=O)C(N)CCC(=O)O)C(=O)NC(CC(N)=O)C(=O)NC(Cc1c[nH]c2ccccc12)C(=O)O. The van der Waals surface area contributed by atoms with Crippen LogP contribution in [0.3, 0.4) is 0 Å². The summed E-state index contributed by atoms with van der Waals surface area (Å²) in [5, 5.41) is 25.8. The zero-order valence-corrected chi connectivity index (χ0v) is 21.2. The molecule has 0 aliphatic rings. The zero-order chi connectivity index (χ0) is 30.0. The molecule has 0 aliphatic carbocycles. The Kier molecular flexibility index (Phi) is 11.1. The highest BCUT2D eigenvalue weighted by molar-refractivity contribution is 5.97. The first-order valence-corrected chi connectivity index (χ1v) is 12.0. The predicted octanol–water partition coefficient (Wildman–Crippen LogP) is -2.81. The third kappa shape index (κ3) is 9.39. The van der Waals surface area contributed by atoms with Crippen LogP contribution in [0.5, 0.6) is 0 Å². The molecule has 216 valence electrons. The summed E-state index contributed by atoms with van der Waals surface area (Å²) in [6, 6.07) is 0.955. The van der Waals surface area contributed by atoms with Gasteiger partial charge in [0.05, 0.1) is 18.9 Å². The van der Waals surface area contributed by atoms with Crippen molar-refractivity contribution < 1.29 is 43.8 Å². The average molecular weight is 562 g/mol. The Balaban J connectivity index is 2.17. The van der Waals surface area contributed by atoms with E-state index in [-0.39, 0.29) is 12.8 Å². The van der Waals surface area contributed by atoms with Crippen LogP contribution in [-0.4, -0.2) is 80.8 Å². The summed E-state index contributed by atoms with van der Waals surface area (Å²) < 4.78 is 0. The number of fused-ring (bicyclic) bond motifs is 1. The van der Waals surface area contributed by atoms with Crippen LogP contribution in [0.25, 0.3) is 10.9 Å². The number of nitrogens with two attached hydrogens (primary N) is 3. The van der Waals surface area contributed by atoms with E-state index in [4.69, 9.17) is 22.3 Å². The molecule has 1 aromatic carbocycles. The minimum absolute atomic E-state index is 0.142. The number of hydrogen-bond donors (Lipinski definition) is 9. The lowest BCUT2D eigenvalue weighted by Gasteiger charge is -2.24. The number of rotatable bonds is 16. The fourth-order valence-corrected chi connectivity index (χ4v) is 3.77. The van der Waals surface area contributed by atoms with Crippen molar-refractivity contribution >= 4 is 52.4 Å². The second kappa shape index (κ2) is 14.2. The van der Waals surface area contributed by atoms with E-state index in [9.17, 15) is 38.7 Å². The summed E-state index contributed by atoms with van der Waals surface area (Å²) in [6.07, 6.45) is -0.735. The molecule has 40 heavy (non-hydrogen) atoms. The average Bonchev–Trinajstić information content (AvgIpc) is 3.28. The van der Waals surface area contributed by atoms with Gasteiger partial charge in [0.2, 0.25) is 29.5 Å². The fraction of sp³-hybridized carbons (Fsp3) is 0.375. The lowest BCUT2D eigenvalue weighted by atomic mass is 10.0. The van der Waals surface area contributed by atoms with E-state index >= 15 is 0 Å². The number of benzene rings is 1.